The van der Waals surface area contributed by atoms with E-state index in [2.05, 4.69) is 10.4 Å². The van der Waals surface area contributed by atoms with Crippen LogP contribution in [0.2, 0.25) is 0 Å². The van der Waals surface area contributed by atoms with Crippen molar-refractivity contribution in [1.82, 2.24) is 9.55 Å². The first-order valence-corrected chi connectivity index (χ1v) is 8.64. The first-order valence-electron chi connectivity index (χ1n) is 7.83. The number of hydrogen-bond donors (Lipinski definition) is 2. The van der Waals surface area contributed by atoms with E-state index in [4.69, 9.17) is 5.84 Å². The number of anilines is 1. The van der Waals surface area contributed by atoms with Gasteiger partial charge >= 0.3 is 0 Å². The van der Waals surface area contributed by atoms with Crippen molar-refractivity contribution in [3.63, 3.8) is 0 Å². The number of nitrogens with zero attached hydrogens (tertiary/aromatic N) is 2. The van der Waals surface area contributed by atoms with E-state index in [-0.39, 0.29) is 11.6 Å². The van der Waals surface area contributed by atoms with Crippen LogP contribution >= 0.6 is 11.3 Å². The molecule has 0 radical (unpaired) electrons. The highest BCUT2D eigenvalue weighted by Crippen LogP contribution is 2.36. The standard InChI is InChI=1S/C15H20N4OS/c16-18-15-17-13-12(10-7-4-8-11(10)21-13)14(20)19(15)9-5-2-1-3-6-9/h9H,1-8,16H2,(H,17,18). The van der Waals surface area contributed by atoms with Gasteiger partial charge in [-0.2, -0.15) is 0 Å². The molecule has 5 nitrogen and oxygen atoms in total. The van der Waals surface area contributed by atoms with Gasteiger partial charge in [-0.15, -0.1) is 11.3 Å². The number of aryl methyl sites for hydroxylation is 2. The molecule has 2 aromatic rings. The van der Waals surface area contributed by atoms with Crippen LogP contribution in [0.15, 0.2) is 4.79 Å². The average molecular weight is 304 g/mol. The first-order chi connectivity index (χ1) is 10.3. The normalized spacial score (nSPS) is 19.1. The van der Waals surface area contributed by atoms with Crippen LogP contribution in [-0.2, 0) is 12.8 Å². The summed E-state index contributed by atoms with van der Waals surface area (Å²) in [6.07, 6.45) is 9.00. The molecule has 1 fully saturated rings. The molecule has 21 heavy (non-hydrogen) atoms. The molecule has 112 valence electrons. The van der Waals surface area contributed by atoms with Gasteiger partial charge in [0.2, 0.25) is 5.95 Å². The summed E-state index contributed by atoms with van der Waals surface area (Å²) >= 11 is 1.67. The molecule has 0 saturated heterocycles. The number of rotatable bonds is 2. The molecule has 3 N–H and O–H groups in total. The highest BCUT2D eigenvalue weighted by molar-refractivity contribution is 7.18. The molecule has 0 spiro atoms. The van der Waals surface area contributed by atoms with Gasteiger partial charge in [-0.05, 0) is 37.7 Å². The molecule has 0 unspecified atom stereocenters. The van der Waals surface area contributed by atoms with E-state index in [0.717, 1.165) is 42.3 Å². The number of fused-ring (bicyclic) bond motifs is 3. The summed E-state index contributed by atoms with van der Waals surface area (Å²) < 4.78 is 1.83. The van der Waals surface area contributed by atoms with Gasteiger partial charge in [0.1, 0.15) is 4.83 Å². The van der Waals surface area contributed by atoms with Crippen LogP contribution in [0.1, 0.15) is 55.0 Å². The predicted octanol–water partition coefficient (Wildman–Crippen LogP) is 2.74. The molecule has 0 aromatic carbocycles. The number of nitrogens with one attached hydrogen (secondary N) is 1. The first kappa shape index (κ1) is 13.3. The van der Waals surface area contributed by atoms with E-state index >= 15 is 0 Å². The third-order valence-electron chi connectivity index (χ3n) is 4.84. The summed E-state index contributed by atoms with van der Waals surface area (Å²) in [6.45, 7) is 0. The lowest BCUT2D eigenvalue weighted by molar-refractivity contribution is 0.348. The Balaban J connectivity index is 1.95. The van der Waals surface area contributed by atoms with E-state index in [1.807, 2.05) is 4.57 Å². The van der Waals surface area contributed by atoms with E-state index < -0.39 is 0 Å². The number of nitrogens with two attached hydrogens (primary N) is 1. The Hall–Kier alpha value is -1.40. The minimum absolute atomic E-state index is 0.110. The maximum absolute atomic E-state index is 13.1. The summed E-state index contributed by atoms with van der Waals surface area (Å²) in [5.74, 6) is 6.17. The van der Waals surface area contributed by atoms with Crippen LogP contribution in [0.5, 0.6) is 0 Å². The van der Waals surface area contributed by atoms with Crippen molar-refractivity contribution < 1.29 is 0 Å². The Morgan fingerprint density at radius 3 is 2.76 bits per heavy atom. The fourth-order valence-corrected chi connectivity index (χ4v) is 5.09. The third kappa shape index (κ3) is 2.00. The van der Waals surface area contributed by atoms with Gasteiger partial charge in [0.15, 0.2) is 0 Å². The molecule has 2 aliphatic rings. The average Bonchev–Trinajstić information content (AvgIpc) is 3.08. The smallest absolute Gasteiger partial charge is 0.264 e. The quantitative estimate of drug-likeness (QED) is 0.661. The van der Waals surface area contributed by atoms with E-state index in [1.54, 1.807) is 11.3 Å². The van der Waals surface area contributed by atoms with Crippen LogP contribution in [0.25, 0.3) is 10.2 Å². The van der Waals surface area contributed by atoms with Crippen LogP contribution < -0.4 is 16.8 Å². The molecule has 1 saturated carbocycles. The molecular weight excluding hydrogens is 284 g/mol. The predicted molar refractivity (Wildman–Crippen MR) is 85.8 cm³/mol. The van der Waals surface area contributed by atoms with Gasteiger partial charge in [-0.1, -0.05) is 19.3 Å². The summed E-state index contributed by atoms with van der Waals surface area (Å²) in [7, 11) is 0. The topological polar surface area (TPSA) is 72.9 Å². The second kappa shape index (κ2) is 5.10. The van der Waals surface area contributed by atoms with Crippen molar-refractivity contribution in [3.05, 3.63) is 20.8 Å². The molecule has 0 bridgehead atoms. The molecular formula is C15H20N4OS. The molecule has 6 heteroatoms. The van der Waals surface area contributed by atoms with Crippen LogP contribution in [0.4, 0.5) is 5.95 Å². The minimum atomic E-state index is 0.110. The molecule has 0 amide bonds. The lowest BCUT2D eigenvalue weighted by Gasteiger charge is -2.25. The SMILES string of the molecule is NNc1nc2sc3c(c2c(=O)n1C1CCCCC1)CCC3. The van der Waals surface area contributed by atoms with Crippen molar-refractivity contribution >= 4 is 27.5 Å². The van der Waals surface area contributed by atoms with Gasteiger partial charge in [-0.25, -0.2) is 10.8 Å². The largest absolute Gasteiger partial charge is 0.294 e. The summed E-state index contributed by atoms with van der Waals surface area (Å²) in [4.78, 5) is 19.9. The van der Waals surface area contributed by atoms with Gasteiger partial charge in [-0.3, -0.25) is 14.8 Å². The molecule has 0 atom stereocenters. The lowest BCUT2D eigenvalue weighted by Crippen LogP contribution is -2.31. The fraction of sp³-hybridized carbons (Fsp3) is 0.600. The Labute approximate surface area is 127 Å². The lowest BCUT2D eigenvalue weighted by atomic mass is 9.95. The number of hydrogen-bond acceptors (Lipinski definition) is 5. The maximum atomic E-state index is 13.1. The van der Waals surface area contributed by atoms with Crippen LogP contribution in [0, 0.1) is 0 Å². The van der Waals surface area contributed by atoms with Crippen molar-refractivity contribution in [2.45, 2.75) is 57.4 Å². The highest BCUT2D eigenvalue weighted by Gasteiger charge is 2.26. The van der Waals surface area contributed by atoms with Crippen LogP contribution in [-0.4, -0.2) is 9.55 Å². The minimum Gasteiger partial charge on any atom is -0.294 e. The zero-order valence-electron chi connectivity index (χ0n) is 12.0. The zero-order valence-corrected chi connectivity index (χ0v) is 12.8. The summed E-state index contributed by atoms with van der Waals surface area (Å²) in [6, 6.07) is 0.242. The fourth-order valence-electron chi connectivity index (χ4n) is 3.84. The number of nitrogen functional groups attached to an aromatic ring is 1. The van der Waals surface area contributed by atoms with Crippen molar-refractivity contribution in [2.24, 2.45) is 5.84 Å². The number of hydrazine groups is 1. The molecule has 2 aliphatic carbocycles. The monoisotopic (exact) mass is 304 g/mol. The highest BCUT2D eigenvalue weighted by atomic mass is 32.1. The second-order valence-corrected chi connectivity index (χ2v) is 7.17. The van der Waals surface area contributed by atoms with Crippen molar-refractivity contribution in [3.8, 4) is 0 Å². The van der Waals surface area contributed by atoms with E-state index in [9.17, 15) is 4.79 Å². The molecule has 2 heterocycles. The van der Waals surface area contributed by atoms with E-state index in [1.165, 1.54) is 29.7 Å². The Kier molecular flexibility index (Phi) is 3.23. The maximum Gasteiger partial charge on any atom is 0.264 e. The van der Waals surface area contributed by atoms with Crippen molar-refractivity contribution in [2.75, 3.05) is 5.43 Å². The number of aromatic nitrogens is 2. The Morgan fingerprint density at radius 2 is 2.00 bits per heavy atom. The molecule has 4 rings (SSSR count). The summed E-state index contributed by atoms with van der Waals surface area (Å²) in [5.41, 5.74) is 4.01. The van der Waals surface area contributed by atoms with E-state index in [0.29, 0.717) is 5.95 Å². The van der Waals surface area contributed by atoms with Gasteiger partial charge in [0.25, 0.3) is 5.56 Å². The second-order valence-electron chi connectivity index (χ2n) is 6.08. The summed E-state index contributed by atoms with van der Waals surface area (Å²) in [5, 5.41) is 0.858. The van der Waals surface area contributed by atoms with Gasteiger partial charge in [0, 0.05) is 10.9 Å². The van der Waals surface area contributed by atoms with Crippen molar-refractivity contribution in [1.29, 1.82) is 0 Å². The Morgan fingerprint density at radius 1 is 1.19 bits per heavy atom. The Bertz CT molecular complexity index is 742. The van der Waals surface area contributed by atoms with Crippen LogP contribution in [0.3, 0.4) is 0 Å². The van der Waals surface area contributed by atoms with Gasteiger partial charge in [0.05, 0.1) is 5.39 Å². The molecule has 2 aromatic heterocycles. The van der Waals surface area contributed by atoms with Gasteiger partial charge < -0.3 is 0 Å². The third-order valence-corrected chi connectivity index (χ3v) is 6.03. The molecule has 0 aliphatic heterocycles. The number of thiophene rings is 1. The zero-order chi connectivity index (χ0) is 14.4.